The zero-order chi connectivity index (χ0) is 11.0. The van der Waals surface area contributed by atoms with Gasteiger partial charge < -0.3 is 4.74 Å². The maximum atomic E-state index is 11.9. The topological polar surface area (TPSA) is 46.6 Å². The lowest BCUT2D eigenvalue weighted by molar-refractivity contribution is -0.138. The molecule has 2 amide bonds. The van der Waals surface area contributed by atoms with Crippen LogP contribution in [0.2, 0.25) is 0 Å². The number of halogens is 1. The molecule has 2 fully saturated rings. The van der Waals surface area contributed by atoms with Crippen LogP contribution in [0.4, 0.5) is 0 Å². The predicted octanol–water partition coefficient (Wildman–Crippen LogP) is 1.01. The summed E-state index contributed by atoms with van der Waals surface area (Å²) in [5.74, 6) is -1.14. The maximum Gasteiger partial charge on any atom is 0.246 e. The highest BCUT2D eigenvalue weighted by molar-refractivity contribution is 9.08. The van der Waals surface area contributed by atoms with E-state index < -0.39 is 11.2 Å². The standard InChI is InChI=1S/C10H10BrNO3/c1-9-3-4-10(2,15-9)6-5(9)7(13)12(11)8(6)14/h3-6H,1-2H3. The summed E-state index contributed by atoms with van der Waals surface area (Å²) in [6.07, 6.45) is 3.79. The Hall–Kier alpha value is -0.680. The molecule has 3 aliphatic heterocycles. The van der Waals surface area contributed by atoms with Gasteiger partial charge in [-0.25, -0.2) is 3.93 Å². The lowest BCUT2D eigenvalue weighted by atomic mass is 9.73. The Morgan fingerprint density at radius 2 is 1.60 bits per heavy atom. The fourth-order valence-corrected chi connectivity index (χ4v) is 3.44. The quantitative estimate of drug-likeness (QED) is 0.375. The van der Waals surface area contributed by atoms with E-state index in [-0.39, 0.29) is 23.7 Å². The van der Waals surface area contributed by atoms with E-state index in [1.165, 1.54) is 0 Å². The predicted molar refractivity (Wildman–Crippen MR) is 54.8 cm³/mol. The maximum absolute atomic E-state index is 11.9. The van der Waals surface area contributed by atoms with Crippen LogP contribution < -0.4 is 0 Å². The Morgan fingerprint density at radius 3 is 2.00 bits per heavy atom. The van der Waals surface area contributed by atoms with Crippen LogP contribution in [0.15, 0.2) is 12.2 Å². The van der Waals surface area contributed by atoms with E-state index in [0.29, 0.717) is 0 Å². The average molecular weight is 272 g/mol. The molecular weight excluding hydrogens is 262 g/mol. The van der Waals surface area contributed by atoms with Crippen LogP contribution in [-0.2, 0) is 14.3 Å². The monoisotopic (exact) mass is 271 g/mol. The number of hydrogen-bond donors (Lipinski definition) is 0. The summed E-state index contributed by atoms with van der Waals surface area (Å²) in [4.78, 5) is 23.8. The third kappa shape index (κ3) is 0.869. The minimum Gasteiger partial charge on any atom is -0.359 e. The van der Waals surface area contributed by atoms with Gasteiger partial charge in [0, 0.05) is 0 Å². The molecule has 0 aliphatic carbocycles. The molecule has 3 aliphatic rings. The number of carbonyl (C=O) groups is 2. The van der Waals surface area contributed by atoms with Gasteiger partial charge in [-0.3, -0.25) is 9.59 Å². The third-order valence-electron chi connectivity index (χ3n) is 3.67. The molecule has 2 bridgehead atoms. The van der Waals surface area contributed by atoms with Gasteiger partial charge in [0.1, 0.15) is 0 Å². The van der Waals surface area contributed by atoms with Crippen molar-refractivity contribution in [1.82, 2.24) is 3.93 Å². The van der Waals surface area contributed by atoms with Gasteiger partial charge in [-0.1, -0.05) is 12.2 Å². The van der Waals surface area contributed by atoms with Gasteiger partial charge in [0.25, 0.3) is 0 Å². The van der Waals surface area contributed by atoms with E-state index in [4.69, 9.17) is 4.74 Å². The first kappa shape index (κ1) is 9.54. The van der Waals surface area contributed by atoms with Crippen molar-refractivity contribution in [3.05, 3.63) is 12.2 Å². The smallest absolute Gasteiger partial charge is 0.246 e. The molecular formula is C10H10BrNO3. The van der Waals surface area contributed by atoms with Crippen molar-refractivity contribution < 1.29 is 14.3 Å². The van der Waals surface area contributed by atoms with E-state index in [1.807, 2.05) is 26.0 Å². The number of rotatable bonds is 0. The molecule has 0 spiro atoms. The molecule has 5 heteroatoms. The Bertz CT molecular complexity index is 385. The normalized spacial score (nSPS) is 51.8. The van der Waals surface area contributed by atoms with Crippen molar-refractivity contribution in [3.8, 4) is 0 Å². The number of amides is 2. The van der Waals surface area contributed by atoms with Gasteiger partial charge in [0.05, 0.1) is 39.2 Å². The molecule has 2 saturated heterocycles. The first-order valence-electron chi connectivity index (χ1n) is 4.83. The molecule has 4 unspecified atom stereocenters. The molecule has 3 heterocycles. The van der Waals surface area contributed by atoms with E-state index in [2.05, 4.69) is 16.1 Å². The zero-order valence-corrected chi connectivity index (χ0v) is 9.95. The van der Waals surface area contributed by atoms with Gasteiger partial charge in [-0.05, 0) is 13.8 Å². The van der Waals surface area contributed by atoms with E-state index in [1.54, 1.807) is 0 Å². The molecule has 3 rings (SSSR count). The highest BCUT2D eigenvalue weighted by Crippen LogP contribution is 2.57. The number of imide groups is 1. The summed E-state index contributed by atoms with van der Waals surface area (Å²) < 4.78 is 6.85. The molecule has 0 saturated carbocycles. The molecule has 0 aromatic rings. The molecule has 0 aromatic heterocycles. The van der Waals surface area contributed by atoms with Gasteiger partial charge in [-0.2, -0.15) is 0 Å². The van der Waals surface area contributed by atoms with Crippen molar-refractivity contribution in [3.63, 3.8) is 0 Å². The summed E-state index contributed by atoms with van der Waals surface area (Å²) in [7, 11) is 0. The summed E-state index contributed by atoms with van der Waals surface area (Å²) in [6.45, 7) is 3.72. The highest BCUT2D eigenvalue weighted by Gasteiger charge is 2.70. The molecule has 0 N–H and O–H groups in total. The Balaban J connectivity index is 2.18. The molecule has 0 aromatic carbocycles. The highest BCUT2D eigenvalue weighted by atomic mass is 79.9. The van der Waals surface area contributed by atoms with Crippen molar-refractivity contribution in [1.29, 1.82) is 0 Å². The Morgan fingerprint density at radius 1 is 1.20 bits per heavy atom. The SMILES string of the molecule is CC12C=CC(C)(O1)C1C(=O)N(Br)C(=O)C12. The first-order valence-corrected chi connectivity index (χ1v) is 5.54. The Labute approximate surface area is 95.6 Å². The molecule has 4 atom stereocenters. The summed E-state index contributed by atoms with van der Waals surface area (Å²) in [6, 6.07) is 0. The van der Waals surface area contributed by atoms with Gasteiger partial charge in [0.2, 0.25) is 11.8 Å². The molecule has 15 heavy (non-hydrogen) atoms. The van der Waals surface area contributed by atoms with Gasteiger partial charge in [-0.15, -0.1) is 0 Å². The van der Waals surface area contributed by atoms with E-state index >= 15 is 0 Å². The lowest BCUT2D eigenvalue weighted by Crippen LogP contribution is -2.36. The second-order valence-electron chi connectivity index (χ2n) is 4.72. The van der Waals surface area contributed by atoms with Gasteiger partial charge in [0.15, 0.2) is 0 Å². The van der Waals surface area contributed by atoms with Crippen LogP contribution >= 0.6 is 16.1 Å². The van der Waals surface area contributed by atoms with Crippen molar-refractivity contribution in [2.75, 3.05) is 0 Å². The summed E-state index contributed by atoms with van der Waals surface area (Å²) in [5, 5.41) is 0. The zero-order valence-electron chi connectivity index (χ0n) is 8.36. The van der Waals surface area contributed by atoms with Crippen molar-refractivity contribution in [2.45, 2.75) is 25.0 Å². The minimum absolute atomic E-state index is 0.194. The van der Waals surface area contributed by atoms with Crippen LogP contribution in [0.5, 0.6) is 0 Å². The van der Waals surface area contributed by atoms with Crippen molar-refractivity contribution in [2.24, 2.45) is 11.8 Å². The van der Waals surface area contributed by atoms with Crippen LogP contribution in [0.3, 0.4) is 0 Å². The number of fused-ring (bicyclic) bond motifs is 5. The largest absolute Gasteiger partial charge is 0.359 e. The summed E-state index contributed by atoms with van der Waals surface area (Å²) in [5.41, 5.74) is -1.23. The van der Waals surface area contributed by atoms with Crippen LogP contribution in [-0.4, -0.2) is 26.9 Å². The fraction of sp³-hybridized carbons (Fsp3) is 0.600. The van der Waals surface area contributed by atoms with Crippen molar-refractivity contribution >= 4 is 28.0 Å². The van der Waals surface area contributed by atoms with Crippen LogP contribution in [0.1, 0.15) is 13.8 Å². The number of carbonyl (C=O) groups excluding carboxylic acids is 2. The second kappa shape index (κ2) is 2.35. The van der Waals surface area contributed by atoms with E-state index in [0.717, 1.165) is 3.93 Å². The van der Waals surface area contributed by atoms with Gasteiger partial charge >= 0.3 is 0 Å². The Kier molecular flexibility index (Phi) is 1.50. The summed E-state index contributed by atoms with van der Waals surface area (Å²) >= 11 is 3.01. The second-order valence-corrected chi connectivity index (χ2v) is 5.43. The fourth-order valence-electron chi connectivity index (χ4n) is 3.00. The minimum atomic E-state index is -0.616. The number of nitrogens with zero attached hydrogens (tertiary/aromatic N) is 1. The molecule has 0 radical (unpaired) electrons. The average Bonchev–Trinajstić information content (AvgIpc) is 2.67. The van der Waals surface area contributed by atoms with Crippen LogP contribution in [0, 0.1) is 11.8 Å². The van der Waals surface area contributed by atoms with E-state index in [9.17, 15) is 9.59 Å². The first-order chi connectivity index (χ1) is 6.89. The number of ether oxygens (including phenoxy) is 1. The third-order valence-corrected chi connectivity index (χ3v) is 4.37. The molecule has 80 valence electrons. The van der Waals surface area contributed by atoms with Crippen LogP contribution in [0.25, 0.3) is 0 Å². The molecule has 4 nitrogen and oxygen atoms in total. The number of hydrogen-bond acceptors (Lipinski definition) is 3. The lowest BCUT2D eigenvalue weighted by Gasteiger charge is -2.22.